The average molecular weight is 427 g/mol. The number of ether oxygens (including phenoxy) is 2. The molecule has 1 atom stereocenters. The van der Waals surface area contributed by atoms with Gasteiger partial charge >= 0.3 is 0 Å². The summed E-state index contributed by atoms with van der Waals surface area (Å²) < 4.78 is 10.6. The summed E-state index contributed by atoms with van der Waals surface area (Å²) in [4.78, 5) is 7.00. The van der Waals surface area contributed by atoms with Gasteiger partial charge in [-0.05, 0) is 59.7 Å². The number of aliphatic imine (C=N–C) groups is 1. The number of hydrogen-bond acceptors (Lipinski definition) is 6. The van der Waals surface area contributed by atoms with Crippen LogP contribution < -0.4 is 20.5 Å². The van der Waals surface area contributed by atoms with Crippen molar-refractivity contribution in [2.75, 3.05) is 34.4 Å². The predicted octanol–water partition coefficient (Wildman–Crippen LogP) is 3.37. The quantitative estimate of drug-likeness (QED) is 0.784. The van der Waals surface area contributed by atoms with Crippen LogP contribution in [0, 0.1) is 0 Å². The van der Waals surface area contributed by atoms with Crippen molar-refractivity contribution in [3.63, 3.8) is 0 Å². The van der Waals surface area contributed by atoms with Gasteiger partial charge in [-0.1, -0.05) is 24.3 Å². The first kappa shape index (κ1) is 21.7. The van der Waals surface area contributed by atoms with Crippen molar-refractivity contribution in [2.45, 2.75) is 6.04 Å². The highest BCUT2D eigenvalue weighted by Gasteiger charge is 2.31. The van der Waals surface area contributed by atoms with Crippen LogP contribution in [0.2, 0.25) is 0 Å². The van der Waals surface area contributed by atoms with E-state index in [-0.39, 0.29) is 18.4 Å². The number of guanidine groups is 1. The lowest BCUT2D eigenvalue weighted by Crippen LogP contribution is -2.43. The van der Waals surface area contributed by atoms with Crippen molar-refractivity contribution in [1.29, 1.82) is 0 Å². The molecule has 0 aromatic heterocycles. The Hall–Kier alpha value is -2.96. The third-order valence-corrected chi connectivity index (χ3v) is 5.26. The predicted molar refractivity (Wildman–Crippen MR) is 123 cm³/mol. The van der Waals surface area contributed by atoms with Gasteiger partial charge in [0.1, 0.15) is 17.5 Å². The number of hydrogen-bond donors (Lipinski definition) is 2. The molecule has 2 heterocycles. The Kier molecular flexibility index (Phi) is 6.70. The highest BCUT2D eigenvalue weighted by molar-refractivity contribution is 5.85. The molecule has 7 heteroatoms. The lowest BCUT2D eigenvalue weighted by atomic mass is 9.89. The van der Waals surface area contributed by atoms with E-state index in [0.29, 0.717) is 5.96 Å². The number of halogens is 1. The summed E-state index contributed by atoms with van der Waals surface area (Å²) >= 11 is 0. The number of likely N-dealkylation sites (N-methyl/N-ethyl adjacent to an activating group) is 1. The van der Waals surface area contributed by atoms with E-state index in [1.807, 2.05) is 24.3 Å². The second kappa shape index (κ2) is 9.24. The SMILES string of the molecule is COc1ccc(/C=C2\CN(C)CC3=C2NC(N)=NC3c2ccc(OC)cc2)cc1.Cl. The molecule has 30 heavy (non-hydrogen) atoms. The Balaban J connectivity index is 0.00000256. The highest BCUT2D eigenvalue weighted by atomic mass is 35.5. The van der Waals surface area contributed by atoms with Gasteiger partial charge in [-0.3, -0.25) is 4.90 Å². The molecule has 2 aromatic rings. The van der Waals surface area contributed by atoms with Crippen molar-refractivity contribution < 1.29 is 9.47 Å². The Morgan fingerprint density at radius 3 is 2.20 bits per heavy atom. The fourth-order valence-electron chi connectivity index (χ4n) is 3.84. The zero-order valence-electron chi connectivity index (χ0n) is 17.4. The number of nitrogens with zero attached hydrogens (tertiary/aromatic N) is 2. The second-order valence-corrected chi connectivity index (χ2v) is 7.33. The van der Waals surface area contributed by atoms with Crippen molar-refractivity contribution >= 4 is 24.4 Å². The van der Waals surface area contributed by atoms with Crippen LogP contribution in [-0.4, -0.2) is 45.2 Å². The van der Waals surface area contributed by atoms with Crippen LogP contribution in [0.15, 0.2) is 70.4 Å². The van der Waals surface area contributed by atoms with Gasteiger partial charge in [0.15, 0.2) is 5.96 Å². The third kappa shape index (κ3) is 4.45. The first-order valence-electron chi connectivity index (χ1n) is 9.58. The highest BCUT2D eigenvalue weighted by Crippen LogP contribution is 2.36. The second-order valence-electron chi connectivity index (χ2n) is 7.33. The summed E-state index contributed by atoms with van der Waals surface area (Å²) in [6.07, 6.45) is 2.20. The zero-order chi connectivity index (χ0) is 20.4. The summed E-state index contributed by atoms with van der Waals surface area (Å²) in [5, 5.41) is 3.32. The minimum atomic E-state index is -0.112. The molecule has 0 amide bonds. The maximum absolute atomic E-state index is 6.18. The molecule has 0 fully saturated rings. The molecule has 158 valence electrons. The van der Waals surface area contributed by atoms with Gasteiger partial charge < -0.3 is 20.5 Å². The van der Waals surface area contributed by atoms with Crippen molar-refractivity contribution in [3.05, 3.63) is 76.5 Å². The molecule has 2 aliphatic rings. The fraction of sp³-hybridized carbons (Fsp3) is 0.261. The van der Waals surface area contributed by atoms with Gasteiger partial charge in [0.25, 0.3) is 0 Å². The van der Waals surface area contributed by atoms with Crippen LogP contribution in [0.4, 0.5) is 0 Å². The summed E-state index contributed by atoms with van der Waals surface area (Å²) in [5.74, 6) is 2.11. The van der Waals surface area contributed by atoms with Gasteiger partial charge in [0.05, 0.1) is 14.2 Å². The zero-order valence-corrected chi connectivity index (χ0v) is 18.2. The molecule has 0 radical (unpaired) electrons. The minimum absolute atomic E-state index is 0. The van der Waals surface area contributed by atoms with Crippen LogP contribution in [-0.2, 0) is 0 Å². The van der Waals surface area contributed by atoms with Crippen molar-refractivity contribution in [3.8, 4) is 11.5 Å². The number of methoxy groups -OCH3 is 2. The van der Waals surface area contributed by atoms with E-state index in [0.717, 1.165) is 41.4 Å². The fourth-order valence-corrected chi connectivity index (χ4v) is 3.84. The lowest BCUT2D eigenvalue weighted by Gasteiger charge is -2.36. The van der Waals surface area contributed by atoms with E-state index in [4.69, 9.17) is 20.2 Å². The average Bonchev–Trinajstić information content (AvgIpc) is 2.74. The van der Waals surface area contributed by atoms with Crippen molar-refractivity contribution in [1.82, 2.24) is 10.2 Å². The summed E-state index contributed by atoms with van der Waals surface area (Å²) in [6, 6.07) is 16.0. The van der Waals surface area contributed by atoms with E-state index in [1.165, 1.54) is 11.1 Å². The lowest BCUT2D eigenvalue weighted by molar-refractivity contribution is 0.368. The summed E-state index contributed by atoms with van der Waals surface area (Å²) in [7, 11) is 5.47. The van der Waals surface area contributed by atoms with Gasteiger partial charge in [-0.2, -0.15) is 0 Å². The molecule has 0 spiro atoms. The summed E-state index contributed by atoms with van der Waals surface area (Å²) in [6.45, 7) is 1.66. The first-order valence-corrected chi connectivity index (χ1v) is 9.58. The van der Waals surface area contributed by atoms with E-state index in [2.05, 4.69) is 47.6 Å². The Labute approximate surface area is 183 Å². The molecule has 3 N–H and O–H groups in total. The minimum Gasteiger partial charge on any atom is -0.497 e. The molecule has 2 aromatic carbocycles. The van der Waals surface area contributed by atoms with E-state index in [1.54, 1.807) is 14.2 Å². The van der Waals surface area contributed by atoms with Crippen LogP contribution >= 0.6 is 12.4 Å². The largest absolute Gasteiger partial charge is 0.497 e. The maximum Gasteiger partial charge on any atom is 0.194 e. The number of nitrogens with two attached hydrogens (primary N) is 1. The molecule has 0 saturated carbocycles. The number of benzene rings is 2. The third-order valence-electron chi connectivity index (χ3n) is 5.26. The molecule has 0 bridgehead atoms. The van der Waals surface area contributed by atoms with Crippen LogP contribution in [0.5, 0.6) is 11.5 Å². The van der Waals surface area contributed by atoms with Gasteiger partial charge in [-0.15, -0.1) is 12.4 Å². The van der Waals surface area contributed by atoms with Crippen LogP contribution in [0.1, 0.15) is 17.2 Å². The molecular weight excluding hydrogens is 400 g/mol. The van der Waals surface area contributed by atoms with Crippen molar-refractivity contribution in [2.24, 2.45) is 10.7 Å². The Morgan fingerprint density at radius 1 is 1.00 bits per heavy atom. The normalized spacial score (nSPS) is 20.0. The number of nitrogens with one attached hydrogen (secondary N) is 1. The summed E-state index contributed by atoms with van der Waals surface area (Å²) in [5.41, 5.74) is 11.9. The van der Waals surface area contributed by atoms with Gasteiger partial charge in [0.2, 0.25) is 0 Å². The Morgan fingerprint density at radius 2 is 1.60 bits per heavy atom. The van der Waals surface area contributed by atoms with E-state index in [9.17, 15) is 0 Å². The maximum atomic E-state index is 6.18. The molecule has 0 saturated heterocycles. The standard InChI is InChI=1S/C23H26N4O2.ClH/c1-27-13-17(12-15-4-8-18(28-2)9-5-15)22-20(14-27)21(25-23(24)26-22)16-6-10-19(29-3)11-7-16;/h4-12,21H,13-14H2,1-3H3,(H3,24,25,26);1H/b17-12+;. The molecule has 2 aliphatic heterocycles. The molecule has 1 unspecified atom stereocenters. The first-order chi connectivity index (χ1) is 14.1. The van der Waals surface area contributed by atoms with Crippen LogP contribution in [0.25, 0.3) is 6.08 Å². The monoisotopic (exact) mass is 426 g/mol. The topological polar surface area (TPSA) is 72.1 Å². The molecular formula is C23H27ClN4O2. The van der Waals surface area contributed by atoms with Crippen LogP contribution in [0.3, 0.4) is 0 Å². The molecule has 6 nitrogen and oxygen atoms in total. The van der Waals surface area contributed by atoms with Gasteiger partial charge in [-0.25, -0.2) is 4.99 Å². The van der Waals surface area contributed by atoms with E-state index >= 15 is 0 Å². The number of rotatable bonds is 4. The van der Waals surface area contributed by atoms with E-state index < -0.39 is 0 Å². The van der Waals surface area contributed by atoms with Gasteiger partial charge in [0, 0.05) is 18.8 Å². The smallest absolute Gasteiger partial charge is 0.194 e. The Bertz CT molecular complexity index is 981. The molecule has 4 rings (SSSR count). The molecule has 0 aliphatic carbocycles.